The zero-order valence-corrected chi connectivity index (χ0v) is 31.4. The van der Waals surface area contributed by atoms with Crippen LogP contribution in [0.3, 0.4) is 0 Å². The fourth-order valence-electron chi connectivity index (χ4n) is 7.93. The molecule has 4 aliphatic rings. The Balaban J connectivity index is 0.00000192. The molecule has 0 saturated heterocycles. The van der Waals surface area contributed by atoms with Gasteiger partial charge < -0.3 is 24.8 Å². The van der Waals surface area contributed by atoms with Gasteiger partial charge in [-0.25, -0.2) is 0 Å². The first kappa shape index (κ1) is 33.3. The van der Waals surface area contributed by atoms with Crippen LogP contribution < -0.4 is 24.8 Å². The Labute approximate surface area is 285 Å². The zero-order chi connectivity index (χ0) is 29.6. The summed E-state index contributed by atoms with van der Waals surface area (Å²) < 4.78 is 3.90. The number of hydrogen-bond acceptors (Lipinski definition) is 0. The van der Waals surface area contributed by atoms with Crippen molar-refractivity contribution in [1.29, 1.82) is 0 Å². The molecular formula is C41H44Cl2Zr. The van der Waals surface area contributed by atoms with E-state index < -0.39 is 21.3 Å². The minimum absolute atomic E-state index is 0. The van der Waals surface area contributed by atoms with Crippen LogP contribution in [-0.2, 0) is 32.1 Å². The van der Waals surface area contributed by atoms with Gasteiger partial charge in [0, 0.05) is 0 Å². The molecule has 0 heterocycles. The quantitative estimate of drug-likeness (QED) is 0.364. The molecule has 7 rings (SSSR count). The van der Waals surface area contributed by atoms with Gasteiger partial charge in [-0.05, 0) is 0 Å². The van der Waals surface area contributed by atoms with Gasteiger partial charge in [0.2, 0.25) is 0 Å². The second-order valence-corrected chi connectivity index (χ2v) is 21.5. The van der Waals surface area contributed by atoms with Gasteiger partial charge in [0.25, 0.3) is 0 Å². The van der Waals surface area contributed by atoms with Gasteiger partial charge in [-0.15, -0.1) is 0 Å². The van der Waals surface area contributed by atoms with Crippen LogP contribution in [0.1, 0.15) is 116 Å². The van der Waals surface area contributed by atoms with Crippen molar-refractivity contribution < 1.29 is 46.1 Å². The Kier molecular flexibility index (Phi) is 9.05. The zero-order valence-electron chi connectivity index (χ0n) is 27.5. The van der Waals surface area contributed by atoms with Crippen molar-refractivity contribution in [3.8, 4) is 11.1 Å². The molecule has 0 unspecified atom stereocenters. The van der Waals surface area contributed by atoms with Gasteiger partial charge in [-0.3, -0.25) is 0 Å². The van der Waals surface area contributed by atoms with E-state index in [1.54, 1.807) is 28.7 Å². The topological polar surface area (TPSA) is 0 Å². The first-order valence-corrected chi connectivity index (χ1v) is 19.7. The van der Waals surface area contributed by atoms with E-state index in [0.29, 0.717) is 3.63 Å². The number of allylic oxidation sites excluding steroid dienone is 8. The molecule has 0 bridgehead atoms. The molecule has 0 N–H and O–H groups in total. The second kappa shape index (κ2) is 12.0. The van der Waals surface area contributed by atoms with Crippen LogP contribution in [0, 0.1) is 6.92 Å². The van der Waals surface area contributed by atoms with Gasteiger partial charge in [-0.2, -0.15) is 0 Å². The molecule has 0 spiro atoms. The predicted octanol–water partition coefficient (Wildman–Crippen LogP) is 4.94. The minimum Gasteiger partial charge on any atom is -1.00 e. The van der Waals surface area contributed by atoms with E-state index in [0.717, 1.165) is 19.3 Å². The predicted molar refractivity (Wildman–Crippen MR) is 179 cm³/mol. The monoisotopic (exact) mass is 696 g/mol. The van der Waals surface area contributed by atoms with E-state index in [-0.39, 0.29) is 35.6 Å². The summed E-state index contributed by atoms with van der Waals surface area (Å²) in [7, 11) is 0. The van der Waals surface area contributed by atoms with Crippen molar-refractivity contribution in [2.45, 2.75) is 89.1 Å². The number of hydrogen-bond donors (Lipinski definition) is 0. The Morgan fingerprint density at radius 3 is 1.66 bits per heavy atom. The standard InChI is InChI=1S/C27H29.C9H10.C5H5.2ClH.Zr/c1-16-7-9-26(3,4)24-12-18-11-19-13-25-21(17(2)8-10-27(25,5)6)15-23(19)22(18)14-20(16)24;1-3-9-6-4-8(2)5-7-9;1-2-4-5-3-1;;;/h7-8,11-15H,9-10H2,1-6H3;4-7H,1-2H3;1-3H,4H2;2*1H;/q;;;;;+2/p-2. The van der Waals surface area contributed by atoms with E-state index in [4.69, 9.17) is 0 Å². The summed E-state index contributed by atoms with van der Waals surface area (Å²) in [6, 6.07) is 19.9. The minimum atomic E-state index is -2.48. The maximum atomic E-state index is 2.69. The van der Waals surface area contributed by atoms with Crippen molar-refractivity contribution >= 4 is 14.4 Å². The molecule has 3 aromatic rings. The largest absolute Gasteiger partial charge is 1.00 e. The molecule has 3 aromatic carbocycles. The van der Waals surface area contributed by atoms with E-state index in [1.807, 2.05) is 0 Å². The van der Waals surface area contributed by atoms with E-state index in [1.165, 1.54) is 44.5 Å². The molecule has 44 heavy (non-hydrogen) atoms. The van der Waals surface area contributed by atoms with E-state index in [9.17, 15) is 0 Å². The molecule has 0 nitrogen and oxygen atoms in total. The molecule has 0 fully saturated rings. The molecule has 0 saturated carbocycles. The molecule has 226 valence electrons. The van der Waals surface area contributed by atoms with Crippen LogP contribution in [0.5, 0.6) is 0 Å². The van der Waals surface area contributed by atoms with Crippen molar-refractivity contribution in [3.63, 3.8) is 0 Å². The number of benzene rings is 3. The van der Waals surface area contributed by atoms with Crippen molar-refractivity contribution in [2.24, 2.45) is 0 Å². The number of fused-ring (bicyclic) bond motifs is 5. The fraction of sp³-hybridized carbons (Fsp3) is 0.341. The molecular weight excluding hydrogens is 655 g/mol. The van der Waals surface area contributed by atoms with Gasteiger partial charge in [0.1, 0.15) is 0 Å². The molecule has 0 radical (unpaired) electrons. The van der Waals surface area contributed by atoms with Crippen LogP contribution >= 0.6 is 0 Å². The van der Waals surface area contributed by atoms with Crippen molar-refractivity contribution in [3.05, 3.63) is 127 Å². The smallest absolute Gasteiger partial charge is 1.00 e. The number of aryl methyl sites for hydroxylation is 1. The molecule has 0 amide bonds. The van der Waals surface area contributed by atoms with Gasteiger partial charge in [0.05, 0.1) is 0 Å². The SMILES string of the molecule is CC1=CCC(C)(C)c2cc3c(cc21)-c1cc2c(cc1[CH]3/[Zr+2]([C]1=CC=CC1)=[C](\C)c1ccc(C)cc1)C(C)(C)CC=C2C.[Cl-].[Cl-]. The third kappa shape index (κ3) is 5.30. The molecule has 4 aliphatic carbocycles. The van der Waals surface area contributed by atoms with Crippen LogP contribution in [0.15, 0.2) is 82.2 Å². The fourth-order valence-corrected chi connectivity index (χ4v) is 16.5. The first-order chi connectivity index (χ1) is 20.0. The summed E-state index contributed by atoms with van der Waals surface area (Å²) in [4.78, 5) is 0. The van der Waals surface area contributed by atoms with Crippen molar-refractivity contribution in [2.75, 3.05) is 0 Å². The second-order valence-electron chi connectivity index (χ2n) is 14.6. The van der Waals surface area contributed by atoms with Crippen LogP contribution in [0.2, 0.25) is 0 Å². The third-order valence-corrected chi connectivity index (χ3v) is 19.0. The molecule has 0 aromatic heterocycles. The Hall–Kier alpha value is -2.05. The summed E-state index contributed by atoms with van der Waals surface area (Å²) in [6.45, 7) is 19.1. The summed E-state index contributed by atoms with van der Waals surface area (Å²) in [5.41, 5.74) is 18.2. The number of rotatable bonds is 3. The third-order valence-electron chi connectivity index (χ3n) is 10.7. The van der Waals surface area contributed by atoms with E-state index in [2.05, 4.69) is 134 Å². The summed E-state index contributed by atoms with van der Waals surface area (Å²) >= 11 is -2.48. The number of halogens is 2. The summed E-state index contributed by atoms with van der Waals surface area (Å²) in [5.74, 6) is 0. The van der Waals surface area contributed by atoms with Crippen LogP contribution in [0.4, 0.5) is 0 Å². The average molecular weight is 699 g/mol. The summed E-state index contributed by atoms with van der Waals surface area (Å²) in [6.07, 6.45) is 15.5. The Morgan fingerprint density at radius 1 is 0.705 bits per heavy atom. The van der Waals surface area contributed by atoms with Gasteiger partial charge >= 0.3 is 263 Å². The van der Waals surface area contributed by atoms with Gasteiger partial charge in [0.15, 0.2) is 0 Å². The Morgan fingerprint density at radius 2 is 1.20 bits per heavy atom. The van der Waals surface area contributed by atoms with Crippen LogP contribution in [0.25, 0.3) is 22.3 Å². The maximum Gasteiger partial charge on any atom is -1.00 e. The van der Waals surface area contributed by atoms with Crippen molar-refractivity contribution in [1.82, 2.24) is 0 Å². The van der Waals surface area contributed by atoms with Gasteiger partial charge in [-0.1, -0.05) is 0 Å². The first-order valence-electron chi connectivity index (χ1n) is 15.8. The Bertz CT molecular complexity index is 1740. The normalized spacial score (nSPS) is 18.8. The summed E-state index contributed by atoms with van der Waals surface area (Å²) in [5, 5.41) is 0. The molecule has 0 aliphatic heterocycles. The van der Waals surface area contributed by atoms with Crippen LogP contribution in [-0.4, -0.2) is 3.21 Å². The maximum absolute atomic E-state index is 2.69. The average Bonchev–Trinajstić information content (AvgIpc) is 3.60. The molecule has 0 atom stereocenters. The van der Waals surface area contributed by atoms with E-state index >= 15 is 0 Å². The molecule has 3 heteroatoms.